The van der Waals surface area contributed by atoms with E-state index in [1.165, 1.54) is 5.56 Å². The fourth-order valence-corrected chi connectivity index (χ4v) is 2.85. The molecule has 1 atom stereocenters. The summed E-state index contributed by atoms with van der Waals surface area (Å²) in [6.07, 6.45) is 1.49. The molecular formula is C16H13ClO. The number of halogens is 1. The van der Waals surface area contributed by atoms with Crippen LogP contribution in [0.1, 0.15) is 40.2 Å². The summed E-state index contributed by atoms with van der Waals surface area (Å²) in [5.74, 6) is 0.520. The third-order valence-electron chi connectivity index (χ3n) is 3.55. The predicted octanol–water partition coefficient (Wildman–Crippen LogP) is 4.45. The summed E-state index contributed by atoms with van der Waals surface area (Å²) in [4.78, 5) is 11.9. The molecule has 18 heavy (non-hydrogen) atoms. The molecule has 2 aromatic carbocycles. The summed E-state index contributed by atoms with van der Waals surface area (Å²) < 4.78 is 0. The molecule has 3 rings (SSSR count). The van der Waals surface area contributed by atoms with Crippen LogP contribution in [0, 0.1) is 0 Å². The van der Waals surface area contributed by atoms with Gasteiger partial charge in [0.25, 0.3) is 0 Å². The van der Waals surface area contributed by atoms with Crippen molar-refractivity contribution in [2.24, 2.45) is 0 Å². The molecule has 1 unspecified atom stereocenters. The van der Waals surface area contributed by atoms with Gasteiger partial charge in [0, 0.05) is 22.9 Å². The fraction of sp³-hybridized carbons (Fsp3) is 0.188. The highest BCUT2D eigenvalue weighted by molar-refractivity contribution is 6.30. The highest BCUT2D eigenvalue weighted by Gasteiger charge is 2.26. The number of ketones is 1. The number of benzene rings is 2. The predicted molar refractivity (Wildman–Crippen MR) is 73.3 cm³/mol. The number of carbonyl (C=O) groups is 1. The molecule has 1 aliphatic carbocycles. The Morgan fingerprint density at radius 2 is 1.83 bits per heavy atom. The van der Waals surface area contributed by atoms with Crippen molar-refractivity contribution >= 4 is 17.4 Å². The lowest BCUT2D eigenvalue weighted by molar-refractivity contribution is 0.0969. The fourth-order valence-electron chi connectivity index (χ4n) is 2.67. The summed E-state index contributed by atoms with van der Waals surface area (Å²) in [5, 5.41) is 0.699. The normalized spacial score (nSPS) is 18.5. The van der Waals surface area contributed by atoms with Crippen LogP contribution in [0.3, 0.4) is 0 Å². The standard InChI is InChI=1S/C16H13ClO/c17-12-6-7-14-15(10-12)13(8-9-16(14)18)11-4-2-1-3-5-11/h1-7,10,13H,8-9H2. The van der Waals surface area contributed by atoms with Crippen molar-refractivity contribution in [2.45, 2.75) is 18.8 Å². The van der Waals surface area contributed by atoms with Crippen molar-refractivity contribution in [3.63, 3.8) is 0 Å². The second-order valence-corrected chi connectivity index (χ2v) is 5.09. The van der Waals surface area contributed by atoms with Gasteiger partial charge in [0.05, 0.1) is 0 Å². The molecule has 0 N–H and O–H groups in total. The van der Waals surface area contributed by atoms with Gasteiger partial charge in [0.1, 0.15) is 0 Å². The van der Waals surface area contributed by atoms with E-state index in [1.54, 1.807) is 6.07 Å². The monoisotopic (exact) mass is 256 g/mol. The minimum absolute atomic E-state index is 0.230. The molecule has 90 valence electrons. The topological polar surface area (TPSA) is 17.1 Å². The van der Waals surface area contributed by atoms with E-state index in [1.807, 2.05) is 30.3 Å². The molecule has 0 aliphatic heterocycles. The van der Waals surface area contributed by atoms with Gasteiger partial charge in [-0.15, -0.1) is 0 Å². The molecule has 0 saturated heterocycles. The zero-order chi connectivity index (χ0) is 12.5. The molecule has 0 fully saturated rings. The molecule has 0 aromatic heterocycles. The molecule has 0 bridgehead atoms. The Morgan fingerprint density at radius 1 is 1.06 bits per heavy atom. The maximum Gasteiger partial charge on any atom is 0.163 e. The number of hydrogen-bond donors (Lipinski definition) is 0. The Balaban J connectivity index is 2.13. The highest BCUT2D eigenvalue weighted by Crippen LogP contribution is 2.37. The maximum absolute atomic E-state index is 11.9. The Bertz CT molecular complexity index is 589. The lowest BCUT2D eigenvalue weighted by Gasteiger charge is -2.25. The van der Waals surface area contributed by atoms with Crippen LogP contribution in [0.15, 0.2) is 48.5 Å². The first-order valence-electron chi connectivity index (χ1n) is 6.13. The lowest BCUT2D eigenvalue weighted by atomic mass is 9.78. The molecule has 1 nitrogen and oxygen atoms in total. The zero-order valence-electron chi connectivity index (χ0n) is 9.90. The summed E-state index contributed by atoms with van der Waals surface area (Å²) in [5.41, 5.74) is 3.16. The number of rotatable bonds is 1. The molecule has 0 amide bonds. The van der Waals surface area contributed by atoms with E-state index in [2.05, 4.69) is 12.1 Å². The van der Waals surface area contributed by atoms with E-state index in [9.17, 15) is 4.79 Å². The van der Waals surface area contributed by atoms with Crippen LogP contribution < -0.4 is 0 Å². The van der Waals surface area contributed by atoms with Crippen LogP contribution in [-0.4, -0.2) is 5.78 Å². The smallest absolute Gasteiger partial charge is 0.163 e. The van der Waals surface area contributed by atoms with Crippen molar-refractivity contribution in [1.29, 1.82) is 0 Å². The van der Waals surface area contributed by atoms with Crippen molar-refractivity contribution in [3.05, 3.63) is 70.2 Å². The minimum atomic E-state index is 0.230. The third kappa shape index (κ3) is 1.95. The third-order valence-corrected chi connectivity index (χ3v) is 3.79. The number of hydrogen-bond acceptors (Lipinski definition) is 1. The summed E-state index contributed by atoms with van der Waals surface area (Å²) in [7, 11) is 0. The van der Waals surface area contributed by atoms with Crippen LogP contribution in [0.4, 0.5) is 0 Å². The second-order valence-electron chi connectivity index (χ2n) is 4.66. The van der Waals surface area contributed by atoms with Gasteiger partial charge in [-0.05, 0) is 35.7 Å². The largest absolute Gasteiger partial charge is 0.294 e. The molecule has 2 aromatic rings. The van der Waals surface area contributed by atoms with Crippen LogP contribution in [0.25, 0.3) is 0 Å². The van der Waals surface area contributed by atoms with E-state index in [4.69, 9.17) is 11.6 Å². The highest BCUT2D eigenvalue weighted by atomic mass is 35.5. The van der Waals surface area contributed by atoms with Gasteiger partial charge in [-0.1, -0.05) is 41.9 Å². The van der Waals surface area contributed by atoms with Crippen molar-refractivity contribution in [3.8, 4) is 0 Å². The Morgan fingerprint density at radius 3 is 2.61 bits per heavy atom. The molecule has 0 heterocycles. The van der Waals surface area contributed by atoms with E-state index >= 15 is 0 Å². The van der Waals surface area contributed by atoms with Gasteiger partial charge in [0.2, 0.25) is 0 Å². The summed E-state index contributed by atoms with van der Waals surface area (Å²) in [6.45, 7) is 0. The van der Waals surface area contributed by atoms with E-state index in [0.717, 1.165) is 17.5 Å². The average molecular weight is 257 g/mol. The maximum atomic E-state index is 11.9. The molecular weight excluding hydrogens is 244 g/mol. The van der Waals surface area contributed by atoms with Crippen LogP contribution in [0.5, 0.6) is 0 Å². The van der Waals surface area contributed by atoms with Crippen molar-refractivity contribution in [1.82, 2.24) is 0 Å². The van der Waals surface area contributed by atoms with E-state index in [0.29, 0.717) is 11.4 Å². The van der Waals surface area contributed by atoms with Gasteiger partial charge < -0.3 is 0 Å². The zero-order valence-corrected chi connectivity index (χ0v) is 10.7. The Kier molecular flexibility index (Phi) is 2.92. The SMILES string of the molecule is O=C1CCC(c2ccccc2)c2cc(Cl)ccc21. The van der Waals surface area contributed by atoms with Gasteiger partial charge >= 0.3 is 0 Å². The first kappa shape index (κ1) is 11.5. The summed E-state index contributed by atoms with van der Waals surface area (Å²) in [6, 6.07) is 15.9. The van der Waals surface area contributed by atoms with Gasteiger partial charge in [-0.2, -0.15) is 0 Å². The second kappa shape index (κ2) is 4.58. The molecule has 0 saturated carbocycles. The first-order valence-corrected chi connectivity index (χ1v) is 6.51. The number of carbonyl (C=O) groups excluding carboxylic acids is 1. The van der Waals surface area contributed by atoms with Crippen molar-refractivity contribution in [2.75, 3.05) is 0 Å². The molecule has 2 heteroatoms. The van der Waals surface area contributed by atoms with E-state index in [-0.39, 0.29) is 11.7 Å². The first-order chi connectivity index (χ1) is 8.75. The number of fused-ring (bicyclic) bond motifs is 1. The average Bonchev–Trinajstić information content (AvgIpc) is 2.40. The summed E-state index contributed by atoms with van der Waals surface area (Å²) >= 11 is 6.07. The molecule has 0 spiro atoms. The Labute approximate surface area is 111 Å². The van der Waals surface area contributed by atoms with E-state index < -0.39 is 0 Å². The molecule has 0 radical (unpaired) electrons. The Hall–Kier alpha value is -1.60. The minimum Gasteiger partial charge on any atom is -0.294 e. The van der Waals surface area contributed by atoms with Crippen LogP contribution in [-0.2, 0) is 0 Å². The van der Waals surface area contributed by atoms with Crippen LogP contribution in [0.2, 0.25) is 5.02 Å². The lowest BCUT2D eigenvalue weighted by Crippen LogP contribution is -2.16. The van der Waals surface area contributed by atoms with Crippen LogP contribution >= 0.6 is 11.6 Å². The van der Waals surface area contributed by atoms with Gasteiger partial charge in [-0.25, -0.2) is 0 Å². The quantitative estimate of drug-likeness (QED) is 0.737. The van der Waals surface area contributed by atoms with Gasteiger partial charge in [-0.3, -0.25) is 4.79 Å². The molecule has 1 aliphatic rings. The van der Waals surface area contributed by atoms with Crippen molar-refractivity contribution < 1.29 is 4.79 Å². The van der Waals surface area contributed by atoms with Gasteiger partial charge in [0.15, 0.2) is 5.78 Å². The number of Topliss-reactive ketones (excluding diaryl/α,β-unsaturated/α-hetero) is 1.